The Labute approximate surface area is 126 Å². The van der Waals surface area contributed by atoms with E-state index in [-0.39, 0.29) is 4.90 Å². The first-order valence-electron chi connectivity index (χ1n) is 5.79. The van der Waals surface area contributed by atoms with Crippen LogP contribution >= 0.6 is 12.0 Å². The Hall–Kier alpha value is -1.42. The summed E-state index contributed by atoms with van der Waals surface area (Å²) in [7, 11) is -4.16. The zero-order valence-electron chi connectivity index (χ0n) is 10.7. The van der Waals surface area contributed by atoms with Crippen LogP contribution in [0.4, 0.5) is 0 Å². The predicted molar refractivity (Wildman–Crippen MR) is 76.2 cm³/mol. The van der Waals surface area contributed by atoms with Gasteiger partial charge in [0.1, 0.15) is 0 Å². The molecular formula is C13H12O6S2. The van der Waals surface area contributed by atoms with Crippen LogP contribution in [0.25, 0.3) is 0 Å². The van der Waals surface area contributed by atoms with E-state index in [1.165, 1.54) is 12.1 Å². The van der Waals surface area contributed by atoms with Crippen molar-refractivity contribution in [1.82, 2.24) is 0 Å². The number of rotatable bonds is 6. The molecule has 0 atom stereocenters. The minimum Gasteiger partial charge on any atom is -0.282 e. The van der Waals surface area contributed by atoms with Gasteiger partial charge in [0.2, 0.25) is 0 Å². The third-order valence-electron chi connectivity index (χ3n) is 2.71. The molecular weight excluding hydrogens is 316 g/mol. The molecule has 2 aromatic rings. The minimum absolute atomic E-state index is 0.126. The van der Waals surface area contributed by atoms with Gasteiger partial charge < -0.3 is 0 Å². The molecule has 2 aromatic carbocycles. The predicted octanol–water partition coefficient (Wildman–Crippen LogP) is 2.95. The summed E-state index contributed by atoms with van der Waals surface area (Å²) in [5.74, 6) is 0. The lowest BCUT2D eigenvalue weighted by Crippen LogP contribution is -1.98. The van der Waals surface area contributed by atoms with E-state index < -0.39 is 10.1 Å². The first-order valence-corrected chi connectivity index (χ1v) is 7.97. The van der Waals surface area contributed by atoms with Crippen LogP contribution in [0.5, 0.6) is 0 Å². The van der Waals surface area contributed by atoms with Crippen molar-refractivity contribution in [2.24, 2.45) is 0 Å². The summed E-state index contributed by atoms with van der Waals surface area (Å²) in [4.78, 5) is 0.633. The Morgan fingerprint density at radius 1 is 0.952 bits per heavy atom. The van der Waals surface area contributed by atoms with Gasteiger partial charge in [0.15, 0.2) is 0 Å². The Morgan fingerprint density at radius 3 is 1.95 bits per heavy atom. The molecule has 0 aliphatic rings. The maximum atomic E-state index is 10.9. The number of benzene rings is 2. The van der Waals surface area contributed by atoms with E-state index in [1.54, 1.807) is 24.3 Å². The van der Waals surface area contributed by atoms with Crippen molar-refractivity contribution >= 4 is 22.2 Å². The molecule has 0 fully saturated rings. The lowest BCUT2D eigenvalue weighted by Gasteiger charge is -2.04. The third-order valence-corrected chi connectivity index (χ3v) is 4.17. The average molecular weight is 328 g/mol. The van der Waals surface area contributed by atoms with Gasteiger partial charge in [0, 0.05) is 4.90 Å². The van der Waals surface area contributed by atoms with Gasteiger partial charge in [-0.3, -0.25) is 4.55 Å². The Bertz CT molecular complexity index is 680. The van der Waals surface area contributed by atoms with E-state index >= 15 is 0 Å². The Morgan fingerprint density at radius 2 is 1.48 bits per heavy atom. The molecule has 2 rings (SSSR count). The first-order chi connectivity index (χ1) is 9.99. The van der Waals surface area contributed by atoms with Crippen molar-refractivity contribution in [1.29, 1.82) is 0 Å². The van der Waals surface area contributed by atoms with E-state index in [0.29, 0.717) is 6.42 Å². The monoisotopic (exact) mass is 328 g/mol. The second-order valence-corrected chi connectivity index (χ2v) is 6.36. The van der Waals surface area contributed by atoms with Crippen LogP contribution in [0.1, 0.15) is 11.1 Å². The molecule has 21 heavy (non-hydrogen) atoms. The molecule has 0 aliphatic heterocycles. The molecule has 0 saturated heterocycles. The van der Waals surface area contributed by atoms with Crippen LogP contribution in [0.3, 0.4) is 0 Å². The van der Waals surface area contributed by atoms with Crippen LogP contribution in [0, 0.1) is 0 Å². The summed E-state index contributed by atoms with van der Waals surface area (Å²) >= 11 is 0.873. The highest BCUT2D eigenvalue weighted by atomic mass is 32.2. The van der Waals surface area contributed by atoms with Crippen molar-refractivity contribution < 1.29 is 27.6 Å². The van der Waals surface area contributed by atoms with Gasteiger partial charge in [-0.15, -0.1) is 4.33 Å². The van der Waals surface area contributed by atoms with E-state index in [2.05, 4.69) is 9.37 Å². The van der Waals surface area contributed by atoms with Gasteiger partial charge in [-0.2, -0.15) is 8.42 Å². The maximum absolute atomic E-state index is 10.9. The number of hydrogen-bond acceptors (Lipinski definition) is 6. The molecule has 0 amide bonds. The number of hydrogen-bond donors (Lipinski definition) is 2. The molecule has 0 bridgehead atoms. The van der Waals surface area contributed by atoms with Gasteiger partial charge in [-0.25, -0.2) is 5.26 Å². The van der Waals surface area contributed by atoms with Crippen molar-refractivity contribution in [3.05, 3.63) is 59.7 Å². The zero-order chi connectivity index (χ0) is 15.3. The highest BCUT2D eigenvalue weighted by Gasteiger charge is 2.08. The lowest BCUT2D eigenvalue weighted by molar-refractivity contribution is -0.432. The van der Waals surface area contributed by atoms with Crippen LogP contribution < -0.4 is 0 Å². The van der Waals surface area contributed by atoms with Crippen LogP contribution in [-0.4, -0.2) is 18.2 Å². The molecule has 6 nitrogen and oxygen atoms in total. The highest BCUT2D eigenvalue weighted by Crippen LogP contribution is 2.21. The SMILES string of the molecule is O=S(=O)(O)c1ccc(Cc2ccc(SOOO)cc2)cc1. The largest absolute Gasteiger partial charge is 0.294 e. The highest BCUT2D eigenvalue weighted by molar-refractivity contribution is 7.94. The summed E-state index contributed by atoms with van der Waals surface area (Å²) in [6, 6.07) is 13.4. The second kappa shape index (κ2) is 7.03. The molecule has 0 heterocycles. The lowest BCUT2D eigenvalue weighted by atomic mass is 10.1. The standard InChI is InChI=1S/C13H12O6S2/c14-18-19-20-12-5-1-10(2-6-12)9-11-3-7-13(8-4-11)21(15,16)17/h1-8,14H,9H2,(H,15,16,17). The van der Waals surface area contributed by atoms with Crippen LogP contribution in [0.15, 0.2) is 58.3 Å². The third kappa shape index (κ3) is 4.81. The van der Waals surface area contributed by atoms with Gasteiger partial charge in [0.05, 0.1) is 16.9 Å². The second-order valence-electron chi connectivity index (χ2n) is 4.17. The molecule has 0 saturated carbocycles. The Balaban J connectivity index is 2.04. The summed E-state index contributed by atoms with van der Waals surface area (Å²) in [5, 5.41) is 11.6. The smallest absolute Gasteiger partial charge is 0.282 e. The van der Waals surface area contributed by atoms with Gasteiger partial charge in [-0.05, 0) is 41.8 Å². The topological polar surface area (TPSA) is 93.1 Å². The molecule has 0 radical (unpaired) electrons. The summed E-state index contributed by atoms with van der Waals surface area (Å²) < 4.78 is 35.1. The van der Waals surface area contributed by atoms with Crippen molar-refractivity contribution in [2.45, 2.75) is 16.2 Å². The molecule has 8 heteroatoms. The maximum Gasteiger partial charge on any atom is 0.294 e. The summed E-state index contributed by atoms with van der Waals surface area (Å²) in [6.45, 7) is 0. The summed E-state index contributed by atoms with van der Waals surface area (Å²) in [5.41, 5.74) is 1.93. The molecule has 2 N–H and O–H groups in total. The average Bonchev–Trinajstić information content (AvgIpc) is 2.46. The minimum atomic E-state index is -4.16. The van der Waals surface area contributed by atoms with Gasteiger partial charge in [0.25, 0.3) is 10.1 Å². The van der Waals surface area contributed by atoms with Crippen molar-refractivity contribution in [3.63, 3.8) is 0 Å². The summed E-state index contributed by atoms with van der Waals surface area (Å²) in [6.07, 6.45) is 0.619. The van der Waals surface area contributed by atoms with Crippen molar-refractivity contribution in [2.75, 3.05) is 0 Å². The fraction of sp³-hybridized carbons (Fsp3) is 0.0769. The van der Waals surface area contributed by atoms with Crippen molar-refractivity contribution in [3.8, 4) is 0 Å². The van der Waals surface area contributed by atoms with E-state index in [9.17, 15) is 8.42 Å². The van der Waals surface area contributed by atoms with Gasteiger partial charge >= 0.3 is 0 Å². The molecule has 0 unspecified atom stereocenters. The normalized spacial score (nSPS) is 11.5. The molecule has 112 valence electrons. The fourth-order valence-electron chi connectivity index (χ4n) is 1.73. The Kier molecular flexibility index (Phi) is 5.34. The first kappa shape index (κ1) is 16.0. The van der Waals surface area contributed by atoms with E-state index in [4.69, 9.17) is 9.81 Å². The molecule has 0 aromatic heterocycles. The fourth-order valence-corrected chi connectivity index (χ4v) is 2.57. The zero-order valence-corrected chi connectivity index (χ0v) is 12.3. The van der Waals surface area contributed by atoms with E-state index in [0.717, 1.165) is 28.1 Å². The molecule has 0 spiro atoms. The van der Waals surface area contributed by atoms with Gasteiger partial charge in [-0.1, -0.05) is 29.3 Å². The van der Waals surface area contributed by atoms with Crippen LogP contribution in [0.2, 0.25) is 0 Å². The quantitative estimate of drug-likeness (QED) is 0.364. The molecule has 0 aliphatic carbocycles. The van der Waals surface area contributed by atoms with Crippen LogP contribution in [-0.2, 0) is 25.9 Å². The van der Waals surface area contributed by atoms with E-state index in [1.807, 2.05) is 12.1 Å².